The average molecular weight is 341 g/mol. The number of nitro benzene ring substituents is 1. The molecule has 3 rings (SSSR count). The molecular weight excluding hydrogens is 329 g/mol. The molecule has 0 saturated heterocycles. The van der Waals surface area contributed by atoms with Gasteiger partial charge in [-0.15, -0.1) is 0 Å². The lowest BCUT2D eigenvalue weighted by molar-refractivity contribution is -0.384. The molecular formula is C17H12FN3O4. The molecule has 1 aliphatic rings. The maximum absolute atomic E-state index is 13.2. The van der Waals surface area contributed by atoms with Gasteiger partial charge in [0.1, 0.15) is 17.1 Å². The Bertz CT molecular complexity index is 951. The summed E-state index contributed by atoms with van der Waals surface area (Å²) < 4.78 is 13.2. The zero-order chi connectivity index (χ0) is 18.3. The first kappa shape index (κ1) is 16.2. The number of non-ortho nitro benzene ring substituents is 1. The summed E-state index contributed by atoms with van der Waals surface area (Å²) in [6, 6.07) is 8.98. The molecule has 1 aliphatic heterocycles. The highest BCUT2D eigenvalue weighted by molar-refractivity contribution is 6.08. The number of hydrogen-bond donors (Lipinski definition) is 2. The first-order valence-electron chi connectivity index (χ1n) is 7.08. The van der Waals surface area contributed by atoms with Crippen LogP contribution in [0.3, 0.4) is 0 Å². The van der Waals surface area contributed by atoms with E-state index in [1.54, 1.807) is 0 Å². The molecule has 0 saturated carbocycles. The third-order valence-corrected chi connectivity index (χ3v) is 3.81. The van der Waals surface area contributed by atoms with Crippen LogP contribution in [0.1, 0.15) is 5.56 Å². The highest BCUT2D eigenvalue weighted by Crippen LogP contribution is 2.44. The Balaban J connectivity index is 2.30. The summed E-state index contributed by atoms with van der Waals surface area (Å²) in [5, 5.41) is 21.4. The average Bonchev–Trinajstić information content (AvgIpc) is 2.55. The number of aliphatic hydroxyl groups is 1. The van der Waals surface area contributed by atoms with Crippen molar-refractivity contribution in [2.75, 3.05) is 4.90 Å². The third-order valence-electron chi connectivity index (χ3n) is 3.81. The van der Waals surface area contributed by atoms with Gasteiger partial charge >= 0.3 is 0 Å². The number of nitrogens with zero attached hydrogens (tertiary/aromatic N) is 2. The van der Waals surface area contributed by atoms with Crippen LogP contribution < -0.4 is 10.6 Å². The Hall–Kier alpha value is -3.68. The van der Waals surface area contributed by atoms with Gasteiger partial charge in [-0.2, -0.15) is 0 Å². The van der Waals surface area contributed by atoms with Crippen molar-refractivity contribution in [3.8, 4) is 0 Å². The maximum atomic E-state index is 13.2. The Kier molecular flexibility index (Phi) is 3.72. The van der Waals surface area contributed by atoms with Gasteiger partial charge in [0.2, 0.25) is 0 Å². The number of carbonyl (C=O) groups is 1. The van der Waals surface area contributed by atoms with E-state index >= 15 is 0 Å². The molecule has 126 valence electrons. The van der Waals surface area contributed by atoms with Gasteiger partial charge in [-0.3, -0.25) is 14.9 Å². The summed E-state index contributed by atoms with van der Waals surface area (Å²) in [6.45, 7) is 3.76. The molecule has 2 aromatic carbocycles. The van der Waals surface area contributed by atoms with E-state index in [1.165, 1.54) is 47.4 Å². The maximum Gasteiger partial charge on any atom is 0.271 e. The number of halogens is 1. The molecule has 1 heterocycles. The van der Waals surface area contributed by atoms with Gasteiger partial charge in [0, 0.05) is 23.4 Å². The minimum atomic E-state index is -0.904. The summed E-state index contributed by atoms with van der Waals surface area (Å²) in [5.74, 6) is -1.79. The number of hydrogen-bond acceptors (Lipinski definition) is 5. The molecule has 0 fully saturated rings. The van der Waals surface area contributed by atoms with Crippen LogP contribution in [0.2, 0.25) is 0 Å². The molecule has 7 nitrogen and oxygen atoms in total. The molecule has 0 radical (unpaired) electrons. The first-order valence-corrected chi connectivity index (χ1v) is 7.08. The summed E-state index contributed by atoms with van der Waals surface area (Å²) in [7, 11) is 0. The Labute approximate surface area is 141 Å². The second-order valence-corrected chi connectivity index (χ2v) is 5.30. The SMILES string of the molecule is C=C1C(C(N)=O)=C(O)c2ccc([N+](=O)[O-])cc2N1c1ccc(F)cc1. The quantitative estimate of drug-likeness (QED) is 0.658. The predicted molar refractivity (Wildman–Crippen MR) is 89.5 cm³/mol. The van der Waals surface area contributed by atoms with Gasteiger partial charge in [0.15, 0.2) is 0 Å². The van der Waals surface area contributed by atoms with Gasteiger partial charge in [-0.25, -0.2) is 4.39 Å². The number of aliphatic hydroxyl groups excluding tert-OH is 1. The van der Waals surface area contributed by atoms with Crippen LogP contribution in [0.15, 0.2) is 60.3 Å². The van der Waals surface area contributed by atoms with Gasteiger partial charge in [-0.1, -0.05) is 6.58 Å². The molecule has 0 aromatic heterocycles. The van der Waals surface area contributed by atoms with Crippen LogP contribution in [0.25, 0.3) is 5.76 Å². The zero-order valence-electron chi connectivity index (χ0n) is 12.8. The van der Waals surface area contributed by atoms with Crippen LogP contribution in [0, 0.1) is 15.9 Å². The van der Waals surface area contributed by atoms with E-state index in [-0.39, 0.29) is 28.2 Å². The van der Waals surface area contributed by atoms with Crippen LogP contribution in [-0.2, 0) is 4.79 Å². The summed E-state index contributed by atoms with van der Waals surface area (Å²) >= 11 is 0. The monoisotopic (exact) mass is 341 g/mol. The molecule has 0 aliphatic carbocycles. The fourth-order valence-electron chi connectivity index (χ4n) is 2.69. The number of amides is 1. The number of nitrogens with two attached hydrogens (primary N) is 1. The summed E-state index contributed by atoms with van der Waals surface area (Å²) in [5.41, 5.74) is 5.75. The molecule has 8 heteroatoms. The number of primary amides is 1. The van der Waals surface area contributed by atoms with Crippen molar-refractivity contribution in [2.24, 2.45) is 5.73 Å². The van der Waals surface area contributed by atoms with Crippen molar-refractivity contribution in [1.82, 2.24) is 0 Å². The van der Waals surface area contributed by atoms with Gasteiger partial charge in [0.25, 0.3) is 11.6 Å². The number of anilines is 2. The van der Waals surface area contributed by atoms with Gasteiger partial charge in [0.05, 0.1) is 16.3 Å². The normalized spacial score (nSPS) is 13.6. The number of fused-ring (bicyclic) bond motifs is 1. The molecule has 0 unspecified atom stereocenters. The lowest BCUT2D eigenvalue weighted by Crippen LogP contribution is -2.29. The highest BCUT2D eigenvalue weighted by Gasteiger charge is 2.32. The Morgan fingerprint density at radius 3 is 2.44 bits per heavy atom. The van der Waals surface area contributed by atoms with Crippen LogP contribution in [-0.4, -0.2) is 15.9 Å². The minimum Gasteiger partial charge on any atom is -0.506 e. The highest BCUT2D eigenvalue weighted by atomic mass is 19.1. The second-order valence-electron chi connectivity index (χ2n) is 5.30. The standard InChI is InChI=1S/C17H12FN3O4/c1-9-15(17(19)23)16(22)13-7-6-12(21(24)25)8-14(13)20(9)11-4-2-10(18)3-5-11/h2-8,22H,1H2,(H2,19,23). The largest absolute Gasteiger partial charge is 0.506 e. The van der Waals surface area contributed by atoms with E-state index < -0.39 is 22.4 Å². The van der Waals surface area contributed by atoms with Crippen molar-refractivity contribution >= 4 is 28.7 Å². The second kappa shape index (κ2) is 5.75. The summed E-state index contributed by atoms with van der Waals surface area (Å²) in [4.78, 5) is 23.6. The topological polar surface area (TPSA) is 110 Å². The number of carbonyl (C=O) groups excluding carboxylic acids is 1. The summed E-state index contributed by atoms with van der Waals surface area (Å²) in [6.07, 6.45) is 0. The third kappa shape index (κ3) is 2.59. The molecule has 0 spiro atoms. The van der Waals surface area contributed by atoms with E-state index in [2.05, 4.69) is 6.58 Å². The Morgan fingerprint density at radius 2 is 1.88 bits per heavy atom. The first-order chi connectivity index (χ1) is 11.8. The Morgan fingerprint density at radius 1 is 1.24 bits per heavy atom. The lowest BCUT2D eigenvalue weighted by Gasteiger charge is -2.33. The molecule has 1 amide bonds. The van der Waals surface area contributed by atoms with E-state index in [9.17, 15) is 24.4 Å². The van der Waals surface area contributed by atoms with Crippen LogP contribution in [0.4, 0.5) is 21.5 Å². The smallest absolute Gasteiger partial charge is 0.271 e. The van der Waals surface area contributed by atoms with E-state index in [0.29, 0.717) is 5.69 Å². The lowest BCUT2D eigenvalue weighted by atomic mass is 9.96. The molecule has 2 aromatic rings. The van der Waals surface area contributed by atoms with Crippen molar-refractivity contribution in [1.29, 1.82) is 0 Å². The molecule has 0 atom stereocenters. The zero-order valence-corrected chi connectivity index (χ0v) is 12.8. The van der Waals surface area contributed by atoms with E-state index in [0.717, 1.165) is 0 Å². The number of rotatable bonds is 3. The van der Waals surface area contributed by atoms with Gasteiger partial charge < -0.3 is 15.7 Å². The van der Waals surface area contributed by atoms with Crippen LogP contribution >= 0.6 is 0 Å². The number of nitro groups is 1. The number of benzene rings is 2. The van der Waals surface area contributed by atoms with Gasteiger partial charge in [-0.05, 0) is 30.3 Å². The van der Waals surface area contributed by atoms with Crippen LogP contribution in [0.5, 0.6) is 0 Å². The fraction of sp³-hybridized carbons (Fsp3) is 0. The van der Waals surface area contributed by atoms with Crippen molar-refractivity contribution in [3.05, 3.63) is 81.8 Å². The van der Waals surface area contributed by atoms with Crippen molar-refractivity contribution in [2.45, 2.75) is 0 Å². The molecule has 0 bridgehead atoms. The fourth-order valence-corrected chi connectivity index (χ4v) is 2.69. The molecule has 3 N–H and O–H groups in total. The molecule has 25 heavy (non-hydrogen) atoms. The van der Waals surface area contributed by atoms with E-state index in [1.807, 2.05) is 0 Å². The van der Waals surface area contributed by atoms with E-state index in [4.69, 9.17) is 5.73 Å². The van der Waals surface area contributed by atoms with Crippen molar-refractivity contribution < 1.29 is 19.2 Å². The minimum absolute atomic E-state index is 0.0320. The van der Waals surface area contributed by atoms with Crippen molar-refractivity contribution in [3.63, 3.8) is 0 Å². The predicted octanol–water partition coefficient (Wildman–Crippen LogP) is 3.15.